The standard InChI is InChI=1S/C30H37F5N4O/c1-20-23(7-8-25(31)28(20)32)29(33)39(16-15-37-13-10-30(34,35)11-14-37)27(40)17-36-26-4-2-3-22-9-12-38(19-24(22)26)18-21-5-6-21/h2-4,7-8,21,29,36H,5-6,9-19H2,1H3. The van der Waals surface area contributed by atoms with Gasteiger partial charge < -0.3 is 15.1 Å². The predicted molar refractivity (Wildman–Crippen MR) is 144 cm³/mol. The summed E-state index contributed by atoms with van der Waals surface area (Å²) in [6.07, 6.45) is 0.870. The normalized spacial score (nSPS) is 20.1. The third kappa shape index (κ3) is 6.77. The van der Waals surface area contributed by atoms with E-state index in [4.69, 9.17) is 0 Å². The van der Waals surface area contributed by atoms with E-state index in [0.717, 1.165) is 60.3 Å². The van der Waals surface area contributed by atoms with E-state index in [1.54, 1.807) is 4.90 Å². The van der Waals surface area contributed by atoms with Crippen molar-refractivity contribution in [2.24, 2.45) is 5.92 Å². The Hall–Kier alpha value is -2.72. The third-order valence-corrected chi connectivity index (χ3v) is 8.47. The minimum Gasteiger partial charge on any atom is -0.376 e. The number of nitrogens with one attached hydrogen (secondary N) is 1. The molecule has 5 nitrogen and oxygen atoms in total. The molecule has 40 heavy (non-hydrogen) atoms. The second-order valence-corrected chi connectivity index (χ2v) is 11.4. The van der Waals surface area contributed by atoms with E-state index in [-0.39, 0.29) is 56.7 Å². The van der Waals surface area contributed by atoms with Crippen LogP contribution in [0.2, 0.25) is 0 Å². The van der Waals surface area contributed by atoms with Crippen LogP contribution in [-0.4, -0.2) is 72.3 Å². The molecule has 218 valence electrons. The first kappa shape index (κ1) is 28.8. The Morgan fingerprint density at radius 2 is 1.85 bits per heavy atom. The molecule has 1 unspecified atom stereocenters. The molecule has 5 rings (SSSR count). The van der Waals surface area contributed by atoms with Crippen molar-refractivity contribution in [3.8, 4) is 0 Å². The monoisotopic (exact) mass is 564 g/mol. The molecule has 1 aliphatic carbocycles. The second kappa shape index (κ2) is 12.0. The second-order valence-electron chi connectivity index (χ2n) is 11.4. The SMILES string of the molecule is Cc1c(C(F)N(CCN2CCC(F)(F)CC2)C(=O)CNc2cccc3c2CN(CC2CC2)CC3)ccc(F)c1F. The van der Waals surface area contributed by atoms with Gasteiger partial charge in [-0.05, 0) is 60.9 Å². The number of nitrogens with zero attached hydrogens (tertiary/aromatic N) is 3. The van der Waals surface area contributed by atoms with Crippen molar-refractivity contribution in [3.05, 3.63) is 64.2 Å². The van der Waals surface area contributed by atoms with Gasteiger partial charge in [-0.15, -0.1) is 0 Å². The number of carbonyl (C=O) groups is 1. The molecule has 1 atom stereocenters. The van der Waals surface area contributed by atoms with Gasteiger partial charge in [-0.1, -0.05) is 18.2 Å². The molecule has 0 radical (unpaired) electrons. The summed E-state index contributed by atoms with van der Waals surface area (Å²) in [4.78, 5) is 18.7. The van der Waals surface area contributed by atoms with Crippen molar-refractivity contribution in [3.63, 3.8) is 0 Å². The number of alkyl halides is 3. The van der Waals surface area contributed by atoms with Crippen molar-refractivity contribution in [2.45, 2.75) is 57.8 Å². The van der Waals surface area contributed by atoms with Crippen LogP contribution in [0.4, 0.5) is 27.6 Å². The minimum absolute atomic E-state index is 0.0756. The highest BCUT2D eigenvalue weighted by Crippen LogP contribution is 2.34. The lowest BCUT2D eigenvalue weighted by Crippen LogP contribution is -2.46. The summed E-state index contributed by atoms with van der Waals surface area (Å²) in [7, 11) is 0. The fourth-order valence-corrected chi connectivity index (χ4v) is 5.71. The van der Waals surface area contributed by atoms with Crippen LogP contribution < -0.4 is 5.32 Å². The molecule has 2 aromatic carbocycles. The largest absolute Gasteiger partial charge is 0.376 e. The molecule has 2 fully saturated rings. The van der Waals surface area contributed by atoms with Gasteiger partial charge in [-0.2, -0.15) is 0 Å². The molecule has 0 spiro atoms. The van der Waals surface area contributed by atoms with Crippen LogP contribution in [0.15, 0.2) is 30.3 Å². The molecule has 2 aromatic rings. The Kier molecular flexibility index (Phi) is 8.66. The maximum Gasteiger partial charge on any atom is 0.250 e. The van der Waals surface area contributed by atoms with Gasteiger partial charge in [0, 0.05) is 69.9 Å². The third-order valence-electron chi connectivity index (χ3n) is 8.47. The highest BCUT2D eigenvalue weighted by Gasteiger charge is 2.35. The lowest BCUT2D eigenvalue weighted by Gasteiger charge is -2.34. The van der Waals surface area contributed by atoms with Crippen molar-refractivity contribution in [1.82, 2.24) is 14.7 Å². The topological polar surface area (TPSA) is 38.8 Å². The van der Waals surface area contributed by atoms with Crippen molar-refractivity contribution in [2.75, 3.05) is 51.1 Å². The molecular weight excluding hydrogens is 527 g/mol. The highest BCUT2D eigenvalue weighted by molar-refractivity contribution is 5.81. The maximum absolute atomic E-state index is 15.9. The fraction of sp³-hybridized carbons (Fsp3) is 0.567. The number of piperidine rings is 1. The average molecular weight is 565 g/mol. The van der Waals surface area contributed by atoms with Crippen LogP contribution in [-0.2, 0) is 17.8 Å². The number of likely N-dealkylation sites (tertiary alicyclic amines) is 1. The molecule has 1 saturated carbocycles. The number of anilines is 1. The first-order chi connectivity index (χ1) is 19.1. The molecule has 2 aliphatic heterocycles. The van der Waals surface area contributed by atoms with Crippen molar-refractivity contribution >= 4 is 11.6 Å². The zero-order valence-electron chi connectivity index (χ0n) is 22.9. The van der Waals surface area contributed by atoms with E-state index >= 15 is 4.39 Å². The summed E-state index contributed by atoms with van der Waals surface area (Å²) in [6, 6.07) is 7.94. The van der Waals surface area contributed by atoms with Gasteiger partial charge >= 0.3 is 0 Å². The van der Waals surface area contributed by atoms with Crippen LogP contribution in [0.5, 0.6) is 0 Å². The van der Waals surface area contributed by atoms with Crippen LogP contribution >= 0.6 is 0 Å². The lowest BCUT2D eigenvalue weighted by molar-refractivity contribution is -0.136. The van der Waals surface area contributed by atoms with E-state index in [9.17, 15) is 22.4 Å². The maximum atomic E-state index is 15.9. The van der Waals surface area contributed by atoms with E-state index in [0.29, 0.717) is 0 Å². The minimum atomic E-state index is -2.72. The van der Waals surface area contributed by atoms with Crippen LogP contribution in [0.1, 0.15) is 54.2 Å². The lowest BCUT2D eigenvalue weighted by atomic mass is 9.97. The van der Waals surface area contributed by atoms with Crippen LogP contribution in [0.3, 0.4) is 0 Å². The predicted octanol–water partition coefficient (Wildman–Crippen LogP) is 5.68. The summed E-state index contributed by atoms with van der Waals surface area (Å²) < 4.78 is 71.1. The number of amides is 1. The number of carbonyl (C=O) groups excluding carboxylic acids is 1. The first-order valence-electron chi connectivity index (χ1n) is 14.2. The Morgan fingerprint density at radius 3 is 2.58 bits per heavy atom. The zero-order chi connectivity index (χ0) is 28.4. The summed E-state index contributed by atoms with van der Waals surface area (Å²) in [5.74, 6) is -4.75. The number of benzene rings is 2. The summed E-state index contributed by atoms with van der Waals surface area (Å²) in [5, 5.41) is 3.20. The van der Waals surface area contributed by atoms with E-state index in [2.05, 4.69) is 16.3 Å². The van der Waals surface area contributed by atoms with Gasteiger partial charge in [-0.25, -0.2) is 22.0 Å². The summed E-state index contributed by atoms with van der Waals surface area (Å²) in [6.45, 7) is 4.34. The Bertz CT molecular complexity index is 1210. The molecule has 2 heterocycles. The molecule has 1 amide bonds. The smallest absolute Gasteiger partial charge is 0.250 e. The van der Waals surface area contributed by atoms with E-state index < -0.39 is 29.8 Å². The van der Waals surface area contributed by atoms with Gasteiger partial charge in [0.05, 0.1) is 6.54 Å². The van der Waals surface area contributed by atoms with Crippen molar-refractivity contribution < 1.29 is 26.7 Å². The zero-order valence-corrected chi connectivity index (χ0v) is 22.9. The molecular formula is C30H37F5N4O. The Balaban J connectivity index is 1.30. The van der Waals surface area contributed by atoms with Crippen LogP contribution in [0, 0.1) is 24.5 Å². The highest BCUT2D eigenvalue weighted by atomic mass is 19.3. The molecule has 0 bridgehead atoms. The fourth-order valence-electron chi connectivity index (χ4n) is 5.71. The Morgan fingerprint density at radius 1 is 1.10 bits per heavy atom. The van der Waals surface area contributed by atoms with Gasteiger partial charge in [0.1, 0.15) is 0 Å². The molecule has 1 N–H and O–H groups in total. The number of fused-ring (bicyclic) bond motifs is 1. The molecule has 3 aliphatic rings. The van der Waals surface area contributed by atoms with Gasteiger partial charge in [-0.3, -0.25) is 9.69 Å². The Labute approximate surface area is 232 Å². The number of hydrogen-bond donors (Lipinski definition) is 1. The van der Waals surface area contributed by atoms with Crippen molar-refractivity contribution in [1.29, 1.82) is 0 Å². The van der Waals surface area contributed by atoms with Gasteiger partial charge in [0.2, 0.25) is 12.2 Å². The number of rotatable bonds is 10. The van der Waals surface area contributed by atoms with Gasteiger partial charge in [0.25, 0.3) is 5.92 Å². The number of halogens is 5. The quantitative estimate of drug-likeness (QED) is 0.298. The van der Waals surface area contributed by atoms with Crippen LogP contribution in [0.25, 0.3) is 0 Å². The molecule has 10 heteroatoms. The molecule has 0 aromatic heterocycles. The first-order valence-corrected chi connectivity index (χ1v) is 14.2. The average Bonchev–Trinajstić information content (AvgIpc) is 3.75. The van der Waals surface area contributed by atoms with E-state index in [1.807, 2.05) is 12.1 Å². The molecule has 1 saturated heterocycles. The summed E-state index contributed by atoms with van der Waals surface area (Å²) >= 11 is 0. The summed E-state index contributed by atoms with van der Waals surface area (Å²) in [5.41, 5.74) is 2.85. The van der Waals surface area contributed by atoms with Gasteiger partial charge in [0.15, 0.2) is 11.6 Å². The number of hydrogen-bond acceptors (Lipinski definition) is 4. The van der Waals surface area contributed by atoms with E-state index in [1.165, 1.54) is 25.3 Å².